The van der Waals surface area contributed by atoms with Gasteiger partial charge < -0.3 is 13.6 Å². The number of benzene rings is 10. The molecule has 0 amide bonds. The third-order valence-corrected chi connectivity index (χ3v) is 13.1. The van der Waals surface area contributed by atoms with Gasteiger partial charge in [0.15, 0.2) is 5.82 Å². The summed E-state index contributed by atoms with van der Waals surface area (Å²) in [5.74, 6) is 0.682. The first-order chi connectivity index (χ1) is 31.2. The number of nitrogens with zero attached hydrogens (tertiary/aromatic N) is 4. The number of rotatable bonds is 4. The van der Waals surface area contributed by atoms with Crippen molar-refractivity contribution in [3.05, 3.63) is 206 Å². The minimum atomic E-state index is 0.682. The first-order valence-corrected chi connectivity index (χ1v) is 21.4. The first kappa shape index (κ1) is 34.2. The molecule has 0 radical (unpaired) electrons. The molecule has 0 saturated carbocycles. The maximum Gasteiger partial charge on any atom is 0.160 e. The number of hydrogen-bond acceptors (Lipinski definition) is 3. The van der Waals surface area contributed by atoms with Crippen LogP contribution in [0.1, 0.15) is 0 Å². The summed E-state index contributed by atoms with van der Waals surface area (Å²) < 4.78 is 11.0. The molecule has 0 saturated heterocycles. The minimum absolute atomic E-state index is 0.682. The van der Waals surface area contributed by atoms with Crippen LogP contribution in [0.4, 0.5) is 0 Å². The monoisotopic (exact) mass is 802 g/mol. The van der Waals surface area contributed by atoms with Crippen LogP contribution in [0.15, 0.2) is 211 Å². The molecular weight excluding hydrogens is 769 g/mol. The SMILES string of the molecule is c1ccc2cc3c(cc2c1)c1ccccc1n3-c1cccc2cc3c4ccccc4n(-c4ccc(-c5nc(-c6ccc7oc8ccccc8c7c6)nc6ccccc56)cc4)c3cc12. The average molecular weight is 803 g/mol. The Bertz CT molecular complexity index is 4210. The molecule has 0 unspecified atom stereocenters. The number of aromatic nitrogens is 4. The van der Waals surface area contributed by atoms with Crippen molar-refractivity contribution < 1.29 is 4.42 Å². The Morgan fingerprint density at radius 3 is 1.75 bits per heavy atom. The third kappa shape index (κ3) is 5.05. The van der Waals surface area contributed by atoms with Crippen molar-refractivity contribution in [2.24, 2.45) is 0 Å². The molecule has 10 aromatic carbocycles. The lowest BCUT2D eigenvalue weighted by molar-refractivity contribution is 0.669. The highest BCUT2D eigenvalue weighted by Gasteiger charge is 2.19. The predicted molar refractivity (Wildman–Crippen MR) is 261 cm³/mol. The lowest BCUT2D eigenvalue weighted by Crippen LogP contribution is -1.98. The van der Waals surface area contributed by atoms with Crippen LogP contribution < -0.4 is 0 Å². The highest BCUT2D eigenvalue weighted by Crippen LogP contribution is 2.41. The van der Waals surface area contributed by atoms with Crippen molar-refractivity contribution >= 4 is 98.0 Å². The van der Waals surface area contributed by atoms with Crippen LogP contribution in [-0.4, -0.2) is 19.1 Å². The topological polar surface area (TPSA) is 48.8 Å². The van der Waals surface area contributed by atoms with Gasteiger partial charge in [-0.1, -0.05) is 121 Å². The Morgan fingerprint density at radius 2 is 0.937 bits per heavy atom. The van der Waals surface area contributed by atoms with Crippen molar-refractivity contribution in [1.29, 1.82) is 0 Å². The highest BCUT2D eigenvalue weighted by atomic mass is 16.3. The molecule has 0 fully saturated rings. The standard InChI is InChI=1S/C58H34N4O/c1-2-13-37-33-53-46(30-36(37)12-1)42-16-5-9-21-51(42)62(53)52-22-11-14-38-31-47-41-15-4-8-20-50(41)61(54(47)34-45(38)52)40-27-24-35(25-28-40)57-44-18-3-7-19-49(44)59-58(60-57)39-26-29-56-48(32-39)43-17-6-10-23-55(43)63-56/h1-34H. The first-order valence-electron chi connectivity index (χ1n) is 21.4. The van der Waals surface area contributed by atoms with E-state index in [1.54, 1.807) is 0 Å². The van der Waals surface area contributed by atoms with Crippen LogP contribution >= 0.6 is 0 Å². The largest absolute Gasteiger partial charge is 0.456 e. The zero-order valence-electron chi connectivity index (χ0n) is 33.8. The normalized spacial score (nSPS) is 12.1. The van der Waals surface area contributed by atoms with Crippen LogP contribution in [0.3, 0.4) is 0 Å². The quantitative estimate of drug-likeness (QED) is 0.178. The Hall–Kier alpha value is -8.54. The molecule has 0 aliphatic heterocycles. The van der Waals surface area contributed by atoms with Crippen LogP contribution in [0.2, 0.25) is 0 Å². The molecule has 5 heteroatoms. The van der Waals surface area contributed by atoms with Crippen molar-refractivity contribution in [1.82, 2.24) is 19.1 Å². The van der Waals surface area contributed by atoms with Gasteiger partial charge in [-0.3, -0.25) is 0 Å². The van der Waals surface area contributed by atoms with Gasteiger partial charge in [-0.25, -0.2) is 9.97 Å². The Morgan fingerprint density at radius 1 is 0.333 bits per heavy atom. The van der Waals surface area contributed by atoms with Crippen LogP contribution in [0, 0.1) is 0 Å². The second kappa shape index (κ2) is 13.0. The molecule has 5 nitrogen and oxygen atoms in total. The van der Waals surface area contributed by atoms with E-state index in [1.807, 2.05) is 30.3 Å². The molecule has 0 atom stereocenters. The van der Waals surface area contributed by atoms with E-state index >= 15 is 0 Å². The van der Waals surface area contributed by atoms with Crippen molar-refractivity contribution in [3.63, 3.8) is 0 Å². The molecular formula is C58H34N4O. The van der Waals surface area contributed by atoms with Crippen LogP contribution in [0.25, 0.3) is 132 Å². The van der Waals surface area contributed by atoms with Gasteiger partial charge in [-0.2, -0.15) is 0 Å². The Labute approximate surface area is 360 Å². The lowest BCUT2D eigenvalue weighted by Gasteiger charge is -2.14. The maximum absolute atomic E-state index is 6.15. The van der Waals surface area contributed by atoms with E-state index in [9.17, 15) is 0 Å². The van der Waals surface area contributed by atoms with Gasteiger partial charge in [0.1, 0.15) is 11.2 Å². The van der Waals surface area contributed by atoms with E-state index in [1.165, 1.54) is 54.1 Å². The Kier molecular flexibility index (Phi) is 7.05. The zero-order chi connectivity index (χ0) is 41.2. The van der Waals surface area contributed by atoms with E-state index in [0.29, 0.717) is 5.82 Å². The van der Waals surface area contributed by atoms with Gasteiger partial charge in [-0.15, -0.1) is 0 Å². The van der Waals surface area contributed by atoms with E-state index in [4.69, 9.17) is 14.4 Å². The molecule has 63 heavy (non-hydrogen) atoms. The smallest absolute Gasteiger partial charge is 0.160 e. The van der Waals surface area contributed by atoms with Gasteiger partial charge in [0.25, 0.3) is 0 Å². The molecule has 0 aliphatic rings. The summed E-state index contributed by atoms with van der Waals surface area (Å²) in [5, 5.41) is 13.0. The fourth-order valence-corrected chi connectivity index (χ4v) is 10.2. The Balaban J connectivity index is 0.947. The number of para-hydroxylation sites is 4. The number of hydrogen-bond donors (Lipinski definition) is 0. The fourth-order valence-electron chi connectivity index (χ4n) is 10.2. The fraction of sp³-hybridized carbons (Fsp3) is 0. The van der Waals surface area contributed by atoms with Crippen LogP contribution in [0.5, 0.6) is 0 Å². The summed E-state index contributed by atoms with van der Waals surface area (Å²) in [6.45, 7) is 0. The second-order valence-electron chi connectivity index (χ2n) is 16.6. The highest BCUT2D eigenvalue weighted by molar-refractivity contribution is 6.17. The number of fused-ring (bicyclic) bond motifs is 12. The van der Waals surface area contributed by atoms with Gasteiger partial charge >= 0.3 is 0 Å². The molecule has 14 aromatic rings. The lowest BCUT2D eigenvalue weighted by atomic mass is 10.0. The van der Waals surface area contributed by atoms with Crippen LogP contribution in [-0.2, 0) is 0 Å². The molecule has 0 N–H and O–H groups in total. The van der Waals surface area contributed by atoms with Crippen molar-refractivity contribution in [3.8, 4) is 34.0 Å². The van der Waals surface area contributed by atoms with Gasteiger partial charge in [-0.05, 0) is 101 Å². The molecule has 292 valence electrons. The van der Waals surface area contributed by atoms with Crippen molar-refractivity contribution in [2.75, 3.05) is 0 Å². The molecule has 0 spiro atoms. The van der Waals surface area contributed by atoms with Gasteiger partial charge in [0, 0.05) is 59.9 Å². The zero-order valence-corrected chi connectivity index (χ0v) is 33.8. The summed E-state index contributed by atoms with van der Waals surface area (Å²) in [7, 11) is 0. The molecule has 0 bridgehead atoms. The molecule has 4 heterocycles. The summed E-state index contributed by atoms with van der Waals surface area (Å²) >= 11 is 0. The second-order valence-corrected chi connectivity index (χ2v) is 16.6. The van der Waals surface area contributed by atoms with Crippen molar-refractivity contribution in [2.45, 2.75) is 0 Å². The maximum atomic E-state index is 6.15. The average Bonchev–Trinajstić information content (AvgIpc) is 3.99. The minimum Gasteiger partial charge on any atom is -0.456 e. The number of furan rings is 1. The molecule has 4 aromatic heterocycles. The van der Waals surface area contributed by atoms with E-state index in [0.717, 1.165) is 72.1 Å². The summed E-state index contributed by atoms with van der Waals surface area (Å²) in [6.07, 6.45) is 0. The molecule has 14 rings (SSSR count). The molecule has 0 aliphatic carbocycles. The summed E-state index contributed by atoms with van der Waals surface area (Å²) in [5.41, 5.74) is 12.5. The predicted octanol–water partition coefficient (Wildman–Crippen LogP) is 15.4. The third-order valence-electron chi connectivity index (χ3n) is 13.1. The van der Waals surface area contributed by atoms with Gasteiger partial charge in [0.2, 0.25) is 0 Å². The summed E-state index contributed by atoms with van der Waals surface area (Å²) in [6, 6.07) is 74.0. The summed E-state index contributed by atoms with van der Waals surface area (Å²) in [4.78, 5) is 10.4. The van der Waals surface area contributed by atoms with E-state index in [2.05, 4.69) is 185 Å². The van der Waals surface area contributed by atoms with Gasteiger partial charge in [0.05, 0.1) is 39.0 Å². The van der Waals surface area contributed by atoms with E-state index in [-0.39, 0.29) is 0 Å². The van der Waals surface area contributed by atoms with E-state index < -0.39 is 0 Å².